The molecule has 1 aliphatic rings. The first-order valence-corrected chi connectivity index (χ1v) is 9.35. The SMILES string of the molecule is CCOC(=O)c1sc2ncnc(N[C@H]3c4ccccc4C[C@H]3O)c2c1C. The fourth-order valence-electron chi connectivity index (χ4n) is 3.47. The Morgan fingerprint density at radius 2 is 2.19 bits per heavy atom. The summed E-state index contributed by atoms with van der Waals surface area (Å²) in [5.74, 6) is 0.283. The Morgan fingerprint density at radius 1 is 1.38 bits per heavy atom. The number of aromatic nitrogens is 2. The van der Waals surface area contributed by atoms with Crippen LogP contribution in [0.5, 0.6) is 0 Å². The lowest BCUT2D eigenvalue weighted by atomic mass is 10.1. The molecule has 26 heavy (non-hydrogen) atoms. The van der Waals surface area contributed by atoms with E-state index in [1.165, 1.54) is 17.7 Å². The number of esters is 1. The summed E-state index contributed by atoms with van der Waals surface area (Å²) < 4.78 is 5.14. The normalized spacial score (nSPS) is 18.7. The first-order chi connectivity index (χ1) is 12.6. The molecule has 2 aromatic heterocycles. The molecule has 134 valence electrons. The van der Waals surface area contributed by atoms with E-state index in [0.717, 1.165) is 26.9 Å². The molecule has 3 aromatic rings. The summed E-state index contributed by atoms with van der Waals surface area (Å²) in [5.41, 5.74) is 3.01. The van der Waals surface area contributed by atoms with Crippen molar-refractivity contribution >= 4 is 33.3 Å². The molecule has 1 aliphatic carbocycles. The standard InChI is InChI=1S/C19H19N3O3S/c1-3-25-19(24)16-10(2)14-17(20-9-21-18(14)26-16)22-15-12-7-5-4-6-11(12)8-13(15)23/h4-7,9,13,15,23H,3,8H2,1-2H3,(H,20,21,22)/t13-,15+/m1/s1. The second-order valence-electron chi connectivity index (χ2n) is 6.27. The maximum Gasteiger partial charge on any atom is 0.348 e. The van der Waals surface area contributed by atoms with Crippen LogP contribution >= 0.6 is 11.3 Å². The number of carbonyl (C=O) groups excluding carboxylic acids is 1. The number of rotatable bonds is 4. The van der Waals surface area contributed by atoms with Gasteiger partial charge in [0.25, 0.3) is 0 Å². The Hall–Kier alpha value is -2.51. The summed E-state index contributed by atoms with van der Waals surface area (Å²) in [4.78, 5) is 22.1. The minimum Gasteiger partial charge on any atom is -0.462 e. The highest BCUT2D eigenvalue weighted by atomic mass is 32.1. The zero-order chi connectivity index (χ0) is 18.3. The van der Waals surface area contributed by atoms with Crippen LogP contribution in [0.15, 0.2) is 30.6 Å². The molecule has 2 atom stereocenters. The highest BCUT2D eigenvalue weighted by Gasteiger charge is 2.32. The molecule has 7 heteroatoms. The van der Waals surface area contributed by atoms with E-state index < -0.39 is 6.10 Å². The minimum absolute atomic E-state index is 0.241. The van der Waals surface area contributed by atoms with Gasteiger partial charge in [0.1, 0.15) is 21.9 Å². The van der Waals surface area contributed by atoms with Crippen LogP contribution in [0.2, 0.25) is 0 Å². The van der Waals surface area contributed by atoms with E-state index in [1.807, 2.05) is 31.2 Å². The van der Waals surface area contributed by atoms with Crippen molar-refractivity contribution in [1.29, 1.82) is 0 Å². The smallest absolute Gasteiger partial charge is 0.348 e. The predicted octanol–water partition coefficient (Wildman–Crippen LogP) is 3.25. The molecule has 6 nitrogen and oxygen atoms in total. The van der Waals surface area contributed by atoms with Crippen molar-refractivity contribution in [2.45, 2.75) is 32.4 Å². The predicted molar refractivity (Wildman–Crippen MR) is 101 cm³/mol. The third kappa shape index (κ3) is 2.73. The van der Waals surface area contributed by atoms with Gasteiger partial charge in [-0.1, -0.05) is 24.3 Å². The fourth-order valence-corrected chi connectivity index (χ4v) is 4.51. The molecule has 0 aliphatic heterocycles. The maximum absolute atomic E-state index is 12.2. The third-order valence-corrected chi connectivity index (χ3v) is 5.86. The number of aliphatic hydroxyl groups excluding tert-OH is 1. The molecular formula is C19H19N3O3S. The van der Waals surface area contributed by atoms with E-state index in [-0.39, 0.29) is 12.0 Å². The van der Waals surface area contributed by atoms with Gasteiger partial charge in [-0.05, 0) is 30.5 Å². The Kier molecular flexibility index (Phi) is 4.34. The number of hydrogen-bond donors (Lipinski definition) is 2. The first-order valence-electron chi connectivity index (χ1n) is 8.53. The second kappa shape index (κ2) is 6.66. The third-order valence-electron chi connectivity index (χ3n) is 4.68. The fraction of sp³-hybridized carbons (Fsp3) is 0.316. The molecule has 0 saturated carbocycles. The molecule has 4 rings (SSSR count). The number of carbonyl (C=O) groups is 1. The second-order valence-corrected chi connectivity index (χ2v) is 7.27. The molecule has 0 unspecified atom stereocenters. The molecule has 0 saturated heterocycles. The lowest BCUT2D eigenvalue weighted by Gasteiger charge is -2.19. The Balaban J connectivity index is 1.75. The lowest BCUT2D eigenvalue weighted by Crippen LogP contribution is -2.21. The largest absolute Gasteiger partial charge is 0.462 e. The number of benzene rings is 1. The van der Waals surface area contributed by atoms with Crippen LogP contribution in [-0.2, 0) is 11.2 Å². The van der Waals surface area contributed by atoms with Crippen molar-refractivity contribution < 1.29 is 14.6 Å². The molecule has 0 amide bonds. The first kappa shape index (κ1) is 16.9. The van der Waals surface area contributed by atoms with E-state index in [2.05, 4.69) is 15.3 Å². The molecule has 0 radical (unpaired) electrons. The van der Waals surface area contributed by atoms with Gasteiger partial charge in [-0.2, -0.15) is 0 Å². The van der Waals surface area contributed by atoms with Gasteiger partial charge in [-0.3, -0.25) is 0 Å². The van der Waals surface area contributed by atoms with Crippen molar-refractivity contribution in [2.75, 3.05) is 11.9 Å². The number of aliphatic hydroxyl groups is 1. The molecule has 0 fully saturated rings. The van der Waals surface area contributed by atoms with Gasteiger partial charge in [0, 0.05) is 6.42 Å². The summed E-state index contributed by atoms with van der Waals surface area (Å²) in [7, 11) is 0. The van der Waals surface area contributed by atoms with Crippen LogP contribution < -0.4 is 5.32 Å². The number of fused-ring (bicyclic) bond motifs is 2. The number of ether oxygens (including phenoxy) is 1. The number of aryl methyl sites for hydroxylation is 1. The molecule has 2 heterocycles. The summed E-state index contributed by atoms with van der Waals surface area (Å²) in [6.45, 7) is 3.99. The highest BCUT2D eigenvalue weighted by Crippen LogP contribution is 2.38. The Bertz CT molecular complexity index is 985. The van der Waals surface area contributed by atoms with E-state index in [9.17, 15) is 9.90 Å². The van der Waals surface area contributed by atoms with E-state index in [1.54, 1.807) is 6.92 Å². The van der Waals surface area contributed by atoms with Crippen molar-refractivity contribution in [3.8, 4) is 0 Å². The molecule has 2 N–H and O–H groups in total. The molecule has 0 spiro atoms. The van der Waals surface area contributed by atoms with Gasteiger partial charge in [-0.25, -0.2) is 14.8 Å². The van der Waals surface area contributed by atoms with Crippen LogP contribution in [0.3, 0.4) is 0 Å². The Morgan fingerprint density at radius 3 is 3.00 bits per heavy atom. The average Bonchev–Trinajstić information content (AvgIpc) is 3.13. The van der Waals surface area contributed by atoms with Gasteiger partial charge in [-0.15, -0.1) is 11.3 Å². The summed E-state index contributed by atoms with van der Waals surface area (Å²) >= 11 is 1.30. The minimum atomic E-state index is -0.527. The van der Waals surface area contributed by atoms with Crippen LogP contribution in [0.1, 0.15) is 39.3 Å². The van der Waals surface area contributed by atoms with Crippen molar-refractivity contribution in [3.05, 3.63) is 52.2 Å². The van der Waals surface area contributed by atoms with Crippen LogP contribution in [0.25, 0.3) is 10.2 Å². The monoisotopic (exact) mass is 369 g/mol. The Labute approximate surface area is 154 Å². The van der Waals surface area contributed by atoms with Gasteiger partial charge in [0.2, 0.25) is 0 Å². The topological polar surface area (TPSA) is 84.3 Å². The zero-order valence-electron chi connectivity index (χ0n) is 14.5. The van der Waals surface area contributed by atoms with Gasteiger partial charge < -0.3 is 15.2 Å². The zero-order valence-corrected chi connectivity index (χ0v) is 15.3. The van der Waals surface area contributed by atoms with Crippen molar-refractivity contribution in [2.24, 2.45) is 0 Å². The van der Waals surface area contributed by atoms with E-state index >= 15 is 0 Å². The van der Waals surface area contributed by atoms with Gasteiger partial charge in [0.15, 0.2) is 0 Å². The number of nitrogens with zero attached hydrogens (tertiary/aromatic N) is 2. The van der Waals surface area contributed by atoms with E-state index in [4.69, 9.17) is 4.74 Å². The summed E-state index contributed by atoms with van der Waals surface area (Å²) in [5, 5.41) is 14.7. The quantitative estimate of drug-likeness (QED) is 0.687. The molecule has 0 bridgehead atoms. The number of nitrogens with one attached hydrogen (secondary N) is 1. The summed E-state index contributed by atoms with van der Waals surface area (Å²) in [6, 6.07) is 7.76. The molecular weight excluding hydrogens is 350 g/mol. The van der Waals surface area contributed by atoms with Crippen LogP contribution in [0.4, 0.5) is 5.82 Å². The van der Waals surface area contributed by atoms with Gasteiger partial charge in [0.05, 0.1) is 24.1 Å². The van der Waals surface area contributed by atoms with Gasteiger partial charge >= 0.3 is 5.97 Å². The van der Waals surface area contributed by atoms with Crippen molar-refractivity contribution in [3.63, 3.8) is 0 Å². The number of hydrogen-bond acceptors (Lipinski definition) is 7. The van der Waals surface area contributed by atoms with E-state index in [0.29, 0.717) is 23.7 Å². The maximum atomic E-state index is 12.2. The average molecular weight is 369 g/mol. The van der Waals surface area contributed by atoms with Crippen LogP contribution in [0, 0.1) is 6.92 Å². The molecule has 1 aromatic carbocycles. The number of anilines is 1. The van der Waals surface area contributed by atoms with Crippen LogP contribution in [-0.4, -0.2) is 33.8 Å². The number of thiophene rings is 1. The summed E-state index contributed by atoms with van der Waals surface area (Å²) in [6.07, 6.45) is 1.56. The lowest BCUT2D eigenvalue weighted by molar-refractivity contribution is 0.0531. The van der Waals surface area contributed by atoms with Crippen molar-refractivity contribution in [1.82, 2.24) is 9.97 Å². The highest BCUT2D eigenvalue weighted by molar-refractivity contribution is 7.20.